The number of amides is 3. The van der Waals surface area contributed by atoms with Crippen LogP contribution < -0.4 is 9.64 Å². The zero-order chi connectivity index (χ0) is 22.6. The Hall–Kier alpha value is -3.81. The van der Waals surface area contributed by atoms with Crippen LogP contribution in [0.2, 0.25) is 0 Å². The van der Waals surface area contributed by atoms with Crippen molar-refractivity contribution in [3.63, 3.8) is 0 Å². The van der Waals surface area contributed by atoms with E-state index in [0.717, 1.165) is 28.4 Å². The van der Waals surface area contributed by atoms with E-state index in [1.165, 1.54) is 16.8 Å². The van der Waals surface area contributed by atoms with Gasteiger partial charge in [0.05, 0.1) is 5.69 Å². The molecule has 8 heteroatoms. The van der Waals surface area contributed by atoms with E-state index in [4.69, 9.17) is 9.73 Å². The minimum Gasteiger partial charge on any atom is -0.487 e. The van der Waals surface area contributed by atoms with Crippen molar-refractivity contribution in [2.24, 2.45) is 4.99 Å². The molecular weight excluding hydrogens is 406 g/mol. The van der Waals surface area contributed by atoms with E-state index in [-0.39, 0.29) is 11.9 Å². The number of urea groups is 1. The summed E-state index contributed by atoms with van der Waals surface area (Å²) in [6.07, 6.45) is -0.566. The lowest BCUT2D eigenvalue weighted by molar-refractivity contribution is -0.135. The number of ether oxygens (including phenoxy) is 1. The van der Waals surface area contributed by atoms with E-state index < -0.39 is 12.2 Å². The van der Waals surface area contributed by atoms with Crippen LogP contribution >= 0.6 is 0 Å². The lowest BCUT2D eigenvalue weighted by Gasteiger charge is -2.39. The number of nitrogens with zero attached hydrogens (tertiary/aromatic N) is 5. The number of hydrogen-bond acceptors (Lipinski definition) is 6. The number of hydrogen-bond donors (Lipinski definition) is 0. The third-order valence-corrected chi connectivity index (χ3v) is 6.36. The minimum absolute atomic E-state index is 0.250. The molecule has 1 saturated heterocycles. The predicted octanol–water partition coefficient (Wildman–Crippen LogP) is 3.23. The van der Waals surface area contributed by atoms with Gasteiger partial charge in [0.15, 0.2) is 12.2 Å². The quantitative estimate of drug-likeness (QED) is 0.744. The number of imide groups is 1. The highest BCUT2D eigenvalue weighted by Gasteiger charge is 2.55. The molecule has 0 saturated carbocycles. The molecule has 2 unspecified atom stereocenters. The molecule has 0 N–H and O–H groups in total. The second-order valence-electron chi connectivity index (χ2n) is 8.20. The van der Waals surface area contributed by atoms with Crippen LogP contribution in [0.4, 0.5) is 10.5 Å². The molecule has 2 aromatic rings. The molecule has 32 heavy (non-hydrogen) atoms. The number of fused-ring (bicyclic) bond motifs is 3. The van der Waals surface area contributed by atoms with Crippen molar-refractivity contribution in [1.29, 1.82) is 0 Å². The summed E-state index contributed by atoms with van der Waals surface area (Å²) < 4.78 is 6.19. The van der Waals surface area contributed by atoms with Gasteiger partial charge in [0.25, 0.3) is 5.91 Å². The number of guanidine groups is 1. The van der Waals surface area contributed by atoms with Crippen molar-refractivity contribution in [3.05, 3.63) is 71.6 Å². The van der Waals surface area contributed by atoms with E-state index in [1.807, 2.05) is 78.2 Å². The van der Waals surface area contributed by atoms with E-state index in [9.17, 15) is 9.59 Å². The topological polar surface area (TPSA) is 68.7 Å². The molecule has 0 radical (unpaired) electrons. The van der Waals surface area contributed by atoms with Gasteiger partial charge in [-0.15, -0.1) is 0 Å². The van der Waals surface area contributed by atoms with E-state index >= 15 is 0 Å². The molecule has 0 aliphatic carbocycles. The molecule has 3 aliphatic rings. The highest BCUT2D eigenvalue weighted by molar-refractivity contribution is 6.10. The smallest absolute Gasteiger partial charge is 0.328 e. The third kappa shape index (κ3) is 2.86. The van der Waals surface area contributed by atoms with Gasteiger partial charge < -0.3 is 9.64 Å². The Morgan fingerprint density at radius 3 is 2.38 bits per heavy atom. The summed E-state index contributed by atoms with van der Waals surface area (Å²) in [7, 11) is 3.20. The first-order valence-electron chi connectivity index (χ1n) is 10.5. The standard InChI is InChI=1S/C24H25N5O3/c1-15-16(2)29-20-21(26(3)24(31)27(4)22(20)30)25-23(29)28(15)18-12-8-9-13-19(18)32-14-17-10-6-5-7-11-17/h5-13,20-21H,14H2,1-4H3. The highest BCUT2D eigenvalue weighted by atomic mass is 16.5. The minimum atomic E-state index is -0.574. The van der Waals surface area contributed by atoms with E-state index in [2.05, 4.69) is 0 Å². The van der Waals surface area contributed by atoms with Crippen LogP contribution in [0.25, 0.3) is 0 Å². The van der Waals surface area contributed by atoms with Gasteiger partial charge in [-0.3, -0.25) is 19.5 Å². The molecule has 1 fully saturated rings. The molecule has 0 spiro atoms. The molecule has 0 bridgehead atoms. The average Bonchev–Trinajstić information content (AvgIpc) is 3.31. The first kappa shape index (κ1) is 20.1. The number of rotatable bonds is 4. The Bertz CT molecular complexity index is 1160. The number of aliphatic imine (C=N–C) groups is 1. The van der Waals surface area contributed by atoms with Crippen LogP contribution in [0.3, 0.4) is 0 Å². The Kier molecular flexibility index (Phi) is 4.65. The second kappa shape index (κ2) is 7.40. The highest BCUT2D eigenvalue weighted by Crippen LogP contribution is 2.42. The van der Waals surface area contributed by atoms with Crippen LogP contribution in [-0.2, 0) is 11.4 Å². The van der Waals surface area contributed by atoms with Crippen LogP contribution in [0.5, 0.6) is 5.75 Å². The van der Waals surface area contributed by atoms with Gasteiger partial charge in [0.1, 0.15) is 12.4 Å². The fourth-order valence-electron chi connectivity index (χ4n) is 4.49. The molecular formula is C24H25N5O3. The number of allylic oxidation sites excluding steroid dienone is 2. The zero-order valence-electron chi connectivity index (χ0n) is 18.5. The summed E-state index contributed by atoms with van der Waals surface area (Å²) in [4.78, 5) is 37.0. The van der Waals surface area contributed by atoms with Crippen LogP contribution in [0, 0.1) is 0 Å². The zero-order valence-corrected chi connectivity index (χ0v) is 18.5. The third-order valence-electron chi connectivity index (χ3n) is 6.36. The second-order valence-corrected chi connectivity index (χ2v) is 8.20. The summed E-state index contributed by atoms with van der Waals surface area (Å²) in [5, 5.41) is 0. The van der Waals surface area contributed by atoms with Crippen molar-refractivity contribution in [3.8, 4) is 5.75 Å². The van der Waals surface area contributed by atoms with E-state index in [1.54, 1.807) is 7.05 Å². The maximum Gasteiger partial charge on any atom is 0.328 e. The molecule has 3 aliphatic heterocycles. The van der Waals surface area contributed by atoms with Crippen LogP contribution in [0.1, 0.15) is 19.4 Å². The number of carbonyl (C=O) groups is 2. The number of anilines is 1. The van der Waals surface area contributed by atoms with Gasteiger partial charge in [-0.25, -0.2) is 9.79 Å². The van der Waals surface area contributed by atoms with E-state index in [0.29, 0.717) is 12.6 Å². The van der Waals surface area contributed by atoms with Crippen LogP contribution in [0.15, 0.2) is 71.0 Å². The molecule has 3 amide bonds. The van der Waals surface area contributed by atoms with Gasteiger partial charge in [-0.1, -0.05) is 42.5 Å². The molecule has 3 heterocycles. The molecule has 8 nitrogen and oxygen atoms in total. The Morgan fingerprint density at radius 1 is 0.938 bits per heavy atom. The molecule has 5 rings (SSSR count). The first-order valence-corrected chi connectivity index (χ1v) is 10.5. The normalized spacial score (nSPS) is 22.4. The summed E-state index contributed by atoms with van der Waals surface area (Å²) in [6, 6.07) is 16.9. The lowest BCUT2D eigenvalue weighted by Crippen LogP contribution is -2.63. The predicted molar refractivity (Wildman–Crippen MR) is 121 cm³/mol. The molecule has 2 atom stereocenters. The molecule has 0 aromatic heterocycles. The summed E-state index contributed by atoms with van der Waals surface area (Å²) in [5.74, 6) is 1.10. The SMILES string of the molecule is CC1=C(C)N2C(=NC3C2C(=O)N(C)C(=O)N3C)N1c1ccccc1OCc1ccccc1. The fourth-order valence-corrected chi connectivity index (χ4v) is 4.49. The van der Waals surface area contributed by atoms with Crippen molar-refractivity contribution in [2.75, 3.05) is 19.0 Å². The monoisotopic (exact) mass is 431 g/mol. The van der Waals surface area contributed by atoms with Crippen molar-refractivity contribution in [1.82, 2.24) is 14.7 Å². The largest absolute Gasteiger partial charge is 0.487 e. The van der Waals surface area contributed by atoms with Crippen molar-refractivity contribution >= 4 is 23.6 Å². The maximum absolute atomic E-state index is 13.0. The van der Waals surface area contributed by atoms with Crippen molar-refractivity contribution in [2.45, 2.75) is 32.7 Å². The number of para-hydroxylation sites is 2. The molecule has 2 aromatic carbocycles. The summed E-state index contributed by atoms with van der Waals surface area (Å²) >= 11 is 0. The van der Waals surface area contributed by atoms with Gasteiger partial charge in [-0.05, 0) is 31.5 Å². The van der Waals surface area contributed by atoms with Gasteiger partial charge in [-0.2, -0.15) is 0 Å². The van der Waals surface area contributed by atoms with Gasteiger partial charge >= 0.3 is 6.03 Å². The maximum atomic E-state index is 13.0. The van der Waals surface area contributed by atoms with Crippen molar-refractivity contribution < 1.29 is 14.3 Å². The van der Waals surface area contributed by atoms with Crippen LogP contribution in [-0.4, -0.2) is 58.9 Å². The Morgan fingerprint density at radius 2 is 1.62 bits per heavy atom. The number of carbonyl (C=O) groups excluding carboxylic acids is 2. The summed E-state index contributed by atoms with van der Waals surface area (Å²) in [5.41, 5.74) is 3.81. The Labute approximate surface area is 187 Å². The number of likely N-dealkylation sites (N-methyl/N-ethyl adjacent to an activating group) is 2. The molecule has 164 valence electrons. The fraction of sp³-hybridized carbons (Fsp3) is 0.292. The number of benzene rings is 2. The Balaban J connectivity index is 1.52. The van der Waals surface area contributed by atoms with Gasteiger partial charge in [0.2, 0.25) is 5.96 Å². The first-order chi connectivity index (χ1) is 15.4. The summed E-state index contributed by atoms with van der Waals surface area (Å²) in [6.45, 7) is 4.42. The average molecular weight is 431 g/mol. The lowest BCUT2D eigenvalue weighted by atomic mass is 10.1. The van der Waals surface area contributed by atoms with Gasteiger partial charge in [0, 0.05) is 25.5 Å².